The fraction of sp³-hybridized carbons (Fsp3) is 0.544. The van der Waals surface area contributed by atoms with Crippen LogP contribution in [0.5, 0.6) is 0 Å². The van der Waals surface area contributed by atoms with Crippen molar-refractivity contribution < 1.29 is 9.59 Å². The van der Waals surface area contributed by atoms with Gasteiger partial charge in [0.1, 0.15) is 0 Å². The van der Waals surface area contributed by atoms with Crippen LogP contribution >= 0.6 is 11.6 Å². The van der Waals surface area contributed by atoms with Crippen molar-refractivity contribution in [2.45, 2.75) is 162 Å². The van der Waals surface area contributed by atoms with E-state index in [1.54, 1.807) is 24.3 Å². The zero-order valence-corrected chi connectivity index (χ0v) is 41.8. The lowest BCUT2D eigenvalue weighted by Crippen LogP contribution is -2.18. The summed E-state index contributed by atoms with van der Waals surface area (Å²) in [6.45, 7) is 7.91. The number of unbranched alkanes of at least 4 members (excludes halogenated alkanes) is 20. The summed E-state index contributed by atoms with van der Waals surface area (Å²) < 4.78 is 0. The van der Waals surface area contributed by atoms with Gasteiger partial charge in [0.15, 0.2) is 11.6 Å². The molecule has 0 radical (unpaired) electrons. The molecule has 4 rings (SSSR count). The van der Waals surface area contributed by atoms with Crippen molar-refractivity contribution in [2.75, 3.05) is 56.5 Å². The highest BCUT2D eigenvalue weighted by Gasteiger charge is 2.11. The van der Waals surface area contributed by atoms with Gasteiger partial charge < -0.3 is 14.7 Å². The minimum atomic E-state index is 0.0111. The summed E-state index contributed by atoms with van der Waals surface area (Å²) in [4.78, 5) is 31.3. The van der Waals surface area contributed by atoms with Gasteiger partial charge in [-0.1, -0.05) is 167 Å². The van der Waals surface area contributed by atoms with Crippen molar-refractivity contribution in [3.63, 3.8) is 0 Å². The minimum Gasteiger partial charge on any atom is -0.378 e. The third kappa shape index (κ3) is 24.0. The van der Waals surface area contributed by atoms with Crippen LogP contribution in [-0.4, -0.2) is 53.3 Å². The van der Waals surface area contributed by atoms with Gasteiger partial charge in [-0.2, -0.15) is 0 Å². The Labute approximate surface area is 391 Å². The second kappa shape index (κ2) is 34.3. The predicted molar refractivity (Wildman–Crippen MR) is 278 cm³/mol. The van der Waals surface area contributed by atoms with E-state index in [1.807, 2.05) is 98.7 Å². The molecule has 0 fully saturated rings. The molecule has 0 bridgehead atoms. The first-order valence-corrected chi connectivity index (χ1v) is 25.1. The van der Waals surface area contributed by atoms with Crippen LogP contribution in [-0.2, 0) is 0 Å². The van der Waals surface area contributed by atoms with Gasteiger partial charge in [0.05, 0.1) is 0 Å². The number of hydrogen-bond donors (Lipinski definition) is 0. The van der Waals surface area contributed by atoms with Crippen molar-refractivity contribution in [1.29, 1.82) is 0 Å². The monoisotopic (exact) mass is 880 g/mol. The molecule has 0 spiro atoms. The smallest absolute Gasteiger partial charge is 0.193 e. The highest BCUT2D eigenvalue weighted by Crippen LogP contribution is 2.21. The zero-order valence-electron chi connectivity index (χ0n) is 41.0. The van der Waals surface area contributed by atoms with Gasteiger partial charge in [-0.25, -0.2) is 0 Å². The topological polar surface area (TPSA) is 43.9 Å². The maximum absolute atomic E-state index is 12.8. The third-order valence-electron chi connectivity index (χ3n) is 11.8. The standard InChI is InChI=1S/C28H42N2O.C15H14ClNO.C14H30/c1-5-6-7-8-9-10-11-12-13-14-23-30(4)27-21-17-25(18-22-27)28(31)24-15-19-26(20-16-24)29(2)3;1-17(2)14-9-5-12(6-10-14)15(18)11-3-7-13(16)8-4-11;1-3-5-7-9-11-13-14-12-10-8-6-4-2/h15-22H,5-14,23H2,1-4H3;3-10H,1-2H3;3-14H2,1-2H3. The van der Waals surface area contributed by atoms with Crippen LogP contribution in [0.25, 0.3) is 0 Å². The molecule has 4 aromatic rings. The molecule has 0 aliphatic heterocycles. The molecule has 0 aliphatic rings. The first kappa shape index (κ1) is 55.0. The van der Waals surface area contributed by atoms with E-state index in [1.165, 1.54) is 147 Å². The van der Waals surface area contributed by atoms with Crippen molar-refractivity contribution in [1.82, 2.24) is 0 Å². The van der Waals surface area contributed by atoms with Crippen molar-refractivity contribution >= 4 is 40.2 Å². The van der Waals surface area contributed by atoms with E-state index >= 15 is 0 Å². The number of anilines is 3. The summed E-state index contributed by atoms with van der Waals surface area (Å²) >= 11 is 5.80. The minimum absolute atomic E-state index is 0.0111. The van der Waals surface area contributed by atoms with Crippen LogP contribution in [0.15, 0.2) is 97.1 Å². The Morgan fingerprint density at radius 2 is 0.587 bits per heavy atom. The highest BCUT2D eigenvalue weighted by molar-refractivity contribution is 6.30. The predicted octanol–water partition coefficient (Wildman–Crippen LogP) is 16.7. The number of hydrogen-bond acceptors (Lipinski definition) is 5. The molecule has 0 unspecified atom stereocenters. The number of benzene rings is 4. The van der Waals surface area contributed by atoms with E-state index in [0.717, 1.165) is 29.0 Å². The molecule has 0 N–H and O–H groups in total. The average Bonchev–Trinajstić information content (AvgIpc) is 3.30. The van der Waals surface area contributed by atoms with Gasteiger partial charge in [-0.3, -0.25) is 9.59 Å². The van der Waals surface area contributed by atoms with E-state index in [9.17, 15) is 9.59 Å². The van der Waals surface area contributed by atoms with E-state index in [2.05, 4.69) is 44.9 Å². The Hall–Kier alpha value is -4.09. The van der Waals surface area contributed by atoms with E-state index < -0.39 is 0 Å². The molecular formula is C57H86ClN3O2. The molecule has 0 atom stereocenters. The molecule has 0 amide bonds. The summed E-state index contributed by atoms with van der Waals surface area (Å²) in [5.41, 5.74) is 6.16. The molecule has 0 saturated heterocycles. The number of carbonyl (C=O) groups excluding carboxylic acids is 2. The Morgan fingerprint density at radius 1 is 0.349 bits per heavy atom. The summed E-state index contributed by atoms with van der Waals surface area (Å²) in [6, 6.07) is 30.3. The molecule has 4 aromatic carbocycles. The Morgan fingerprint density at radius 3 is 0.857 bits per heavy atom. The lowest BCUT2D eigenvalue weighted by molar-refractivity contribution is 0.103. The van der Waals surface area contributed by atoms with Gasteiger partial charge in [0.2, 0.25) is 0 Å². The second-order valence-electron chi connectivity index (χ2n) is 17.7. The van der Waals surface area contributed by atoms with Crippen LogP contribution in [0.4, 0.5) is 17.1 Å². The first-order chi connectivity index (χ1) is 30.5. The maximum atomic E-state index is 12.8. The zero-order chi connectivity index (χ0) is 46.1. The summed E-state index contributed by atoms with van der Waals surface area (Å²) in [7, 11) is 10.1. The second-order valence-corrected chi connectivity index (χ2v) is 18.2. The third-order valence-corrected chi connectivity index (χ3v) is 12.0. The fourth-order valence-corrected chi connectivity index (χ4v) is 7.63. The summed E-state index contributed by atoms with van der Waals surface area (Å²) in [5, 5.41) is 0.634. The van der Waals surface area contributed by atoms with Gasteiger partial charge in [-0.15, -0.1) is 0 Å². The number of carbonyl (C=O) groups is 2. The van der Waals surface area contributed by atoms with Gasteiger partial charge in [0, 0.05) is 86.1 Å². The molecule has 0 aromatic heterocycles. The van der Waals surface area contributed by atoms with Gasteiger partial charge in [-0.05, 0) is 103 Å². The van der Waals surface area contributed by atoms with Crippen LogP contribution in [0.1, 0.15) is 194 Å². The summed E-state index contributed by atoms with van der Waals surface area (Å²) in [5.74, 6) is 0.0891. The quantitative estimate of drug-likeness (QED) is 0.0402. The molecule has 6 heteroatoms. The van der Waals surface area contributed by atoms with E-state index in [-0.39, 0.29) is 11.6 Å². The van der Waals surface area contributed by atoms with Crippen LogP contribution in [0.2, 0.25) is 5.02 Å². The Bertz CT molecular complexity index is 1720. The molecule has 348 valence electrons. The molecule has 0 saturated carbocycles. The molecule has 5 nitrogen and oxygen atoms in total. The highest BCUT2D eigenvalue weighted by atomic mass is 35.5. The van der Waals surface area contributed by atoms with Gasteiger partial charge >= 0.3 is 0 Å². The number of halogens is 1. The number of rotatable bonds is 29. The van der Waals surface area contributed by atoms with Gasteiger partial charge in [0.25, 0.3) is 0 Å². The molecule has 0 aliphatic carbocycles. The van der Waals surface area contributed by atoms with E-state index in [4.69, 9.17) is 11.6 Å². The summed E-state index contributed by atoms with van der Waals surface area (Å²) in [6.07, 6.45) is 31.0. The number of nitrogens with zero attached hydrogens (tertiary/aromatic N) is 3. The normalized spacial score (nSPS) is 10.6. The largest absolute Gasteiger partial charge is 0.378 e. The van der Waals surface area contributed by atoms with Crippen molar-refractivity contribution in [2.24, 2.45) is 0 Å². The SMILES string of the molecule is CCCCCCCCCCCCCC.CCCCCCCCCCCCN(C)c1ccc(C(=O)c2ccc(N(C)C)cc2)cc1.CN(C)c1ccc(C(=O)c2ccc(Cl)cc2)cc1. The van der Waals surface area contributed by atoms with Crippen molar-refractivity contribution in [3.05, 3.63) is 124 Å². The number of ketones is 2. The Balaban J connectivity index is 0.000000360. The molecule has 63 heavy (non-hydrogen) atoms. The van der Waals surface area contributed by atoms with Crippen LogP contribution < -0.4 is 14.7 Å². The fourth-order valence-electron chi connectivity index (χ4n) is 7.50. The lowest BCUT2D eigenvalue weighted by atomic mass is 10.0. The van der Waals surface area contributed by atoms with Crippen LogP contribution in [0.3, 0.4) is 0 Å². The maximum Gasteiger partial charge on any atom is 0.193 e. The molecular weight excluding hydrogens is 794 g/mol. The lowest BCUT2D eigenvalue weighted by Gasteiger charge is -2.19. The van der Waals surface area contributed by atoms with Crippen molar-refractivity contribution in [3.8, 4) is 0 Å². The molecule has 0 heterocycles. The first-order valence-electron chi connectivity index (χ1n) is 24.7. The average molecular weight is 881 g/mol. The van der Waals surface area contributed by atoms with E-state index in [0.29, 0.717) is 16.1 Å². The Kier molecular flexibility index (Phi) is 30.0. The van der Waals surface area contributed by atoms with Crippen LogP contribution in [0, 0.1) is 0 Å².